The van der Waals surface area contributed by atoms with Crippen LogP contribution < -0.4 is 10.6 Å². The van der Waals surface area contributed by atoms with E-state index in [0.717, 1.165) is 32.2 Å². The first-order valence-corrected chi connectivity index (χ1v) is 6.61. The summed E-state index contributed by atoms with van der Waals surface area (Å²) in [4.78, 5) is 12.1. The van der Waals surface area contributed by atoms with Gasteiger partial charge in [0.15, 0.2) is 0 Å². The lowest BCUT2D eigenvalue weighted by atomic mass is 9.92. The van der Waals surface area contributed by atoms with Crippen molar-refractivity contribution in [2.24, 2.45) is 5.92 Å². The Balaban J connectivity index is 1.61. The maximum atomic E-state index is 12.1. The number of amides is 1. The lowest BCUT2D eigenvalue weighted by Gasteiger charge is -2.28. The van der Waals surface area contributed by atoms with E-state index in [1.807, 2.05) is 0 Å². The van der Waals surface area contributed by atoms with E-state index < -0.39 is 0 Å². The monoisotopic (exact) mass is 250 g/mol. The summed E-state index contributed by atoms with van der Waals surface area (Å²) >= 11 is 0. The van der Waals surface area contributed by atoms with Crippen LogP contribution in [0.3, 0.4) is 0 Å². The van der Waals surface area contributed by atoms with Crippen molar-refractivity contribution in [2.45, 2.75) is 44.6 Å². The van der Waals surface area contributed by atoms with Gasteiger partial charge in [0.1, 0.15) is 0 Å². The molecule has 2 N–H and O–H groups in total. The molecule has 0 aromatic carbocycles. The Morgan fingerprint density at radius 1 is 1.39 bits per heavy atom. The highest BCUT2D eigenvalue weighted by Crippen LogP contribution is 2.39. The summed E-state index contributed by atoms with van der Waals surface area (Å²) in [5, 5.41) is 13.7. The van der Waals surface area contributed by atoms with Crippen LogP contribution in [0, 0.1) is 5.92 Å². The van der Waals surface area contributed by atoms with Crippen molar-refractivity contribution >= 4 is 11.9 Å². The van der Waals surface area contributed by atoms with Gasteiger partial charge in [0, 0.05) is 5.92 Å². The van der Waals surface area contributed by atoms with Crippen LogP contribution in [0.2, 0.25) is 0 Å². The van der Waals surface area contributed by atoms with Gasteiger partial charge in [0.25, 0.3) is 0 Å². The molecule has 18 heavy (non-hydrogen) atoms. The van der Waals surface area contributed by atoms with Crippen molar-refractivity contribution in [1.82, 2.24) is 15.5 Å². The molecule has 2 atom stereocenters. The van der Waals surface area contributed by atoms with Crippen molar-refractivity contribution in [2.75, 3.05) is 11.9 Å². The first-order valence-electron chi connectivity index (χ1n) is 6.61. The van der Waals surface area contributed by atoms with Crippen LogP contribution >= 0.6 is 0 Å². The Morgan fingerprint density at radius 3 is 2.94 bits per heavy atom. The highest BCUT2D eigenvalue weighted by atomic mass is 16.4. The van der Waals surface area contributed by atoms with Gasteiger partial charge in [-0.2, -0.15) is 0 Å². The van der Waals surface area contributed by atoms with Crippen molar-refractivity contribution < 1.29 is 9.21 Å². The highest BCUT2D eigenvalue weighted by Gasteiger charge is 2.31. The third-order valence-corrected chi connectivity index (χ3v) is 3.65. The average Bonchev–Trinajstić information content (AvgIpc) is 3.11. The first kappa shape index (κ1) is 11.6. The fourth-order valence-corrected chi connectivity index (χ4v) is 2.36. The smallest absolute Gasteiger partial charge is 0.322 e. The third-order valence-electron chi connectivity index (χ3n) is 3.65. The van der Waals surface area contributed by atoms with Crippen LogP contribution in [-0.2, 0) is 4.79 Å². The minimum atomic E-state index is -0.157. The lowest BCUT2D eigenvalue weighted by molar-refractivity contribution is -0.119. The number of hydrogen-bond acceptors (Lipinski definition) is 5. The normalized spacial score (nSPS) is 28.1. The Morgan fingerprint density at radius 2 is 2.22 bits per heavy atom. The molecule has 6 heteroatoms. The van der Waals surface area contributed by atoms with Gasteiger partial charge in [-0.3, -0.25) is 10.1 Å². The number of carbonyl (C=O) groups is 1. The molecule has 1 aromatic heterocycles. The van der Waals surface area contributed by atoms with E-state index in [1.54, 1.807) is 0 Å². The molecule has 98 valence electrons. The average molecular weight is 250 g/mol. The van der Waals surface area contributed by atoms with Crippen LogP contribution in [0.1, 0.15) is 44.4 Å². The molecule has 0 spiro atoms. The fourth-order valence-electron chi connectivity index (χ4n) is 2.36. The molecule has 6 nitrogen and oxygen atoms in total. The molecule has 1 saturated carbocycles. The van der Waals surface area contributed by atoms with Crippen molar-refractivity contribution in [3.8, 4) is 0 Å². The molecular weight excluding hydrogens is 232 g/mol. The van der Waals surface area contributed by atoms with E-state index in [1.165, 1.54) is 0 Å². The number of carbonyl (C=O) groups excluding carboxylic acids is 1. The van der Waals surface area contributed by atoms with Crippen molar-refractivity contribution in [1.29, 1.82) is 0 Å². The van der Waals surface area contributed by atoms with E-state index in [9.17, 15) is 4.79 Å². The summed E-state index contributed by atoms with van der Waals surface area (Å²) in [5.41, 5.74) is 0. The lowest BCUT2D eigenvalue weighted by Crippen LogP contribution is -2.48. The van der Waals surface area contributed by atoms with E-state index in [0.29, 0.717) is 17.7 Å². The summed E-state index contributed by atoms with van der Waals surface area (Å²) in [6.45, 7) is 2.97. The minimum Gasteiger partial charge on any atom is -0.408 e. The van der Waals surface area contributed by atoms with Gasteiger partial charge in [-0.25, -0.2) is 0 Å². The van der Waals surface area contributed by atoms with Crippen molar-refractivity contribution in [3.63, 3.8) is 0 Å². The standard InChI is InChI=1S/C12H18N4O2/c1-7-3-2-6-13-9(7)10(17)14-12-16-15-11(18-12)8-4-5-8/h7-9,13H,2-6H2,1H3,(H,14,16,17). The molecule has 0 radical (unpaired) electrons. The van der Waals surface area contributed by atoms with Crippen LogP contribution in [0.15, 0.2) is 4.42 Å². The van der Waals surface area contributed by atoms with Gasteiger partial charge in [0.2, 0.25) is 11.8 Å². The number of hydrogen-bond donors (Lipinski definition) is 2. The van der Waals surface area contributed by atoms with E-state index in [4.69, 9.17) is 4.42 Å². The molecule has 1 amide bonds. The largest absolute Gasteiger partial charge is 0.408 e. The van der Waals surface area contributed by atoms with Gasteiger partial charge in [-0.15, -0.1) is 5.10 Å². The number of piperidine rings is 1. The molecule has 1 saturated heterocycles. The molecule has 2 aliphatic rings. The van der Waals surface area contributed by atoms with Gasteiger partial charge in [-0.1, -0.05) is 12.0 Å². The van der Waals surface area contributed by atoms with E-state index >= 15 is 0 Å². The quantitative estimate of drug-likeness (QED) is 0.844. The number of nitrogens with zero attached hydrogens (tertiary/aromatic N) is 2. The summed E-state index contributed by atoms with van der Waals surface area (Å²) in [7, 11) is 0. The van der Waals surface area contributed by atoms with Gasteiger partial charge < -0.3 is 9.73 Å². The molecule has 1 aliphatic heterocycles. The second-order valence-corrected chi connectivity index (χ2v) is 5.26. The zero-order chi connectivity index (χ0) is 12.5. The fraction of sp³-hybridized carbons (Fsp3) is 0.750. The number of aromatic nitrogens is 2. The van der Waals surface area contributed by atoms with Crippen LogP contribution in [0.25, 0.3) is 0 Å². The highest BCUT2D eigenvalue weighted by molar-refractivity contribution is 5.93. The van der Waals surface area contributed by atoms with Crippen LogP contribution in [-0.4, -0.2) is 28.7 Å². The first-order chi connectivity index (χ1) is 8.74. The molecule has 3 rings (SSSR count). The maximum Gasteiger partial charge on any atom is 0.322 e. The topological polar surface area (TPSA) is 80.0 Å². The zero-order valence-corrected chi connectivity index (χ0v) is 10.5. The molecule has 0 bridgehead atoms. The number of rotatable bonds is 3. The minimum absolute atomic E-state index is 0.0757. The van der Waals surface area contributed by atoms with Gasteiger partial charge in [-0.05, 0) is 38.1 Å². The summed E-state index contributed by atoms with van der Waals surface area (Å²) in [6, 6.07) is 0.0662. The SMILES string of the molecule is CC1CCCNC1C(=O)Nc1nnc(C2CC2)o1. The van der Waals surface area contributed by atoms with E-state index in [2.05, 4.69) is 27.8 Å². The van der Waals surface area contributed by atoms with E-state index in [-0.39, 0.29) is 18.0 Å². The second kappa shape index (κ2) is 4.68. The Kier molecular flexibility index (Phi) is 3.03. The molecular formula is C12H18N4O2. The third kappa shape index (κ3) is 2.38. The van der Waals surface area contributed by atoms with Crippen LogP contribution in [0.5, 0.6) is 0 Å². The molecule has 1 aromatic rings. The summed E-state index contributed by atoms with van der Waals surface area (Å²) in [5.74, 6) is 1.32. The predicted molar refractivity (Wildman–Crippen MR) is 65.1 cm³/mol. The maximum absolute atomic E-state index is 12.1. The zero-order valence-electron chi connectivity index (χ0n) is 10.5. The number of nitrogens with one attached hydrogen (secondary N) is 2. The second-order valence-electron chi connectivity index (χ2n) is 5.26. The molecule has 2 unspecified atom stereocenters. The Bertz CT molecular complexity index is 441. The number of anilines is 1. The Labute approximate surface area is 106 Å². The summed E-state index contributed by atoms with van der Waals surface area (Å²) < 4.78 is 5.42. The molecule has 2 heterocycles. The van der Waals surface area contributed by atoms with Gasteiger partial charge >= 0.3 is 6.01 Å². The van der Waals surface area contributed by atoms with Crippen molar-refractivity contribution in [3.05, 3.63) is 5.89 Å². The molecule has 1 aliphatic carbocycles. The van der Waals surface area contributed by atoms with Gasteiger partial charge in [0.05, 0.1) is 6.04 Å². The predicted octanol–water partition coefficient (Wildman–Crippen LogP) is 1.27. The summed E-state index contributed by atoms with van der Waals surface area (Å²) in [6.07, 6.45) is 4.41. The molecule has 2 fully saturated rings. The Hall–Kier alpha value is -1.43. The van der Waals surface area contributed by atoms with Crippen LogP contribution in [0.4, 0.5) is 6.01 Å².